The first kappa shape index (κ1) is 39.8. The molecule has 8 N–H and O–H groups in total. The van der Waals surface area contributed by atoms with E-state index in [4.69, 9.17) is 18.9 Å². The highest BCUT2D eigenvalue weighted by Gasteiger charge is 2.54. The zero-order valence-electron chi connectivity index (χ0n) is 33.0. The Hall–Kier alpha value is -4.62. The summed E-state index contributed by atoms with van der Waals surface area (Å²) in [4.78, 5) is 48.7. The average molecular weight is 814 g/mol. The monoisotopic (exact) mass is 813 g/mol. The number of hydrogen-bond donors (Lipinski definition) is 8. The molecule has 1 aliphatic carbocycles. The lowest BCUT2D eigenvalue weighted by molar-refractivity contribution is -0.861. The van der Waals surface area contributed by atoms with Gasteiger partial charge in [-0.15, -0.1) is 0 Å². The lowest BCUT2D eigenvalue weighted by atomic mass is 9.71. The number of aliphatic hydroxyl groups is 5. The molecule has 312 valence electrons. The summed E-state index contributed by atoms with van der Waals surface area (Å²) < 4.78 is 13.7. The van der Waals surface area contributed by atoms with Crippen LogP contribution in [0.3, 0.4) is 0 Å². The summed E-state index contributed by atoms with van der Waals surface area (Å²) >= 11 is 0. The zero-order valence-corrected chi connectivity index (χ0v) is 33.0. The van der Waals surface area contributed by atoms with Gasteiger partial charge in [0.1, 0.15) is 72.6 Å². The summed E-state index contributed by atoms with van der Waals surface area (Å²) in [6, 6.07) is 2.99. The second-order valence-electron chi connectivity index (χ2n) is 16.8. The van der Waals surface area contributed by atoms with E-state index in [-0.39, 0.29) is 42.2 Å². The van der Waals surface area contributed by atoms with E-state index in [0.717, 1.165) is 27.6 Å². The minimum Gasteiger partial charge on any atom is -0.477 e. The highest BCUT2D eigenvalue weighted by molar-refractivity contribution is 6.08. The Morgan fingerprint density at radius 1 is 1.12 bits per heavy atom. The van der Waals surface area contributed by atoms with Crippen LogP contribution in [0, 0.1) is 18.8 Å². The molecule has 1 fully saturated rings. The van der Waals surface area contributed by atoms with E-state index in [1.165, 1.54) is 6.07 Å². The maximum absolute atomic E-state index is 13.7. The normalized spacial score (nSPS) is 31.5. The number of ether oxygens (including phenoxy) is 1. The van der Waals surface area contributed by atoms with Gasteiger partial charge in [0.2, 0.25) is 17.2 Å². The van der Waals surface area contributed by atoms with Crippen LogP contribution in [0.15, 0.2) is 91.6 Å². The molecule has 1 saturated heterocycles. The predicted molar refractivity (Wildman–Crippen MR) is 213 cm³/mol. The summed E-state index contributed by atoms with van der Waals surface area (Å²) in [7, 11) is 0. The number of quaternary nitrogens is 2. The number of aliphatic hydroxyl groups excluding tert-OH is 4. The number of aliphatic imine (C=N–C) groups is 2. The second-order valence-corrected chi connectivity index (χ2v) is 16.8. The molecule has 9 rings (SSSR count). The van der Waals surface area contributed by atoms with E-state index in [1.807, 2.05) is 18.2 Å². The molecule has 0 saturated carbocycles. The van der Waals surface area contributed by atoms with Gasteiger partial charge in [-0.2, -0.15) is 0 Å². The van der Waals surface area contributed by atoms with Gasteiger partial charge in [0, 0.05) is 62.3 Å². The molecule has 1 aromatic heterocycles. The molecule has 0 bridgehead atoms. The first-order valence-electron chi connectivity index (χ1n) is 20.4. The number of amides is 1. The number of aryl methyl sites for hydroxylation is 1. The number of nitrogens with zero attached hydrogens (tertiary/aromatic N) is 2. The van der Waals surface area contributed by atoms with E-state index in [2.05, 4.69) is 28.3 Å². The molecule has 7 heterocycles. The van der Waals surface area contributed by atoms with Gasteiger partial charge in [-0.05, 0) is 43.4 Å². The third-order valence-corrected chi connectivity index (χ3v) is 13.2. The van der Waals surface area contributed by atoms with Crippen LogP contribution in [0.25, 0.3) is 11.0 Å². The van der Waals surface area contributed by atoms with Crippen LogP contribution in [-0.4, -0.2) is 117 Å². The summed E-state index contributed by atoms with van der Waals surface area (Å²) in [5.74, 6) is 0.985. The van der Waals surface area contributed by atoms with Gasteiger partial charge in [0.05, 0.1) is 23.8 Å². The van der Waals surface area contributed by atoms with Crippen molar-refractivity contribution in [3.8, 4) is 5.75 Å². The molecule has 1 amide bonds. The topological polar surface area (TPSA) is 222 Å². The molecule has 11 atom stereocenters. The lowest BCUT2D eigenvalue weighted by Gasteiger charge is -2.47. The number of carbonyl (C=O) groups excluding carboxylic acids is 1. The van der Waals surface area contributed by atoms with Crippen LogP contribution < -0.4 is 25.3 Å². The Bertz CT molecular complexity index is 2330. The number of rotatable bonds is 13. The van der Waals surface area contributed by atoms with E-state index in [9.17, 15) is 35.1 Å². The van der Waals surface area contributed by atoms with Gasteiger partial charge >= 0.3 is 0 Å². The van der Waals surface area contributed by atoms with Gasteiger partial charge in [0.25, 0.3) is 0 Å². The average Bonchev–Trinajstić information content (AvgIpc) is 4.07. The molecule has 1 spiro atoms. The molecule has 0 radical (unpaired) electrons. The predicted octanol–water partition coefficient (Wildman–Crippen LogP) is -1.09. The van der Waals surface area contributed by atoms with E-state index in [1.54, 1.807) is 37.7 Å². The summed E-state index contributed by atoms with van der Waals surface area (Å²) in [5, 5.41) is 58.2. The Labute approximate surface area is 339 Å². The molecule has 59 heavy (non-hydrogen) atoms. The molecule has 7 aliphatic rings. The summed E-state index contributed by atoms with van der Waals surface area (Å²) in [6.45, 7) is 3.14. The summed E-state index contributed by atoms with van der Waals surface area (Å²) in [6.07, 6.45) is 10.8. The molecule has 2 aromatic rings. The van der Waals surface area contributed by atoms with Crippen molar-refractivity contribution >= 4 is 34.0 Å². The smallest absolute Gasteiger partial charge is 0.222 e. The van der Waals surface area contributed by atoms with Gasteiger partial charge in [-0.25, -0.2) is 9.78 Å². The Kier molecular flexibility index (Phi) is 10.4. The van der Waals surface area contributed by atoms with Gasteiger partial charge < -0.3 is 40.0 Å². The molecule has 11 unspecified atom stereocenters. The van der Waals surface area contributed by atoms with Crippen molar-refractivity contribution in [2.75, 3.05) is 32.8 Å². The van der Waals surface area contributed by atoms with Crippen molar-refractivity contribution in [3.63, 3.8) is 0 Å². The van der Waals surface area contributed by atoms with Crippen LogP contribution in [0.4, 0.5) is 5.69 Å². The maximum atomic E-state index is 13.7. The minimum absolute atomic E-state index is 0.0119. The van der Waals surface area contributed by atoms with Crippen molar-refractivity contribution < 1.29 is 59.1 Å². The first-order chi connectivity index (χ1) is 28.4. The number of allylic oxidation sites excluding steroid dienone is 3. The van der Waals surface area contributed by atoms with Crippen LogP contribution >= 0.6 is 0 Å². The number of carbonyl (C=O) groups is 1. The molecular formula is C43H51N5O11+2. The highest BCUT2D eigenvalue weighted by atomic mass is 17.2. The fourth-order valence-corrected chi connectivity index (χ4v) is 10.0. The minimum atomic E-state index is -2.37. The highest BCUT2D eigenvalue weighted by Crippen LogP contribution is 2.49. The number of benzene rings is 1. The molecule has 1 aromatic carbocycles. The van der Waals surface area contributed by atoms with Crippen LogP contribution in [-0.2, 0) is 21.0 Å². The van der Waals surface area contributed by atoms with E-state index < -0.39 is 48.8 Å². The Balaban J connectivity index is 1.07. The molecule has 16 nitrogen and oxygen atoms in total. The quantitative estimate of drug-likeness (QED) is 0.0690. The number of nitrogens with one attached hydrogen (secondary N) is 3. The molecule has 6 aliphatic heterocycles. The molecular weight excluding hydrogens is 762 g/mol. The summed E-state index contributed by atoms with van der Waals surface area (Å²) in [5.41, 5.74) is 2.07. The van der Waals surface area contributed by atoms with Crippen molar-refractivity contribution in [2.45, 2.75) is 87.6 Å². The standard InChI is InChI=1S/C43H49N5O11/c1-3-31-27-6-10-45-30(27)19-48(31)38-39-25(14-28-33(50)13-23(2)57-40(28)38)15-36(42(58-39)9-4-5-24(17-42)26-16-37(53)46-18-26)59-56-21-35(52)43(55,41(54)34(51)20-49)22-47-12-8-29-32(47)7-11-44-29/h4-8,10-14,24,26,32,34-36,41,49,51-52,54-55H,3,9,15-22H2,1-2H3,(H,46,53)/p+2. The van der Waals surface area contributed by atoms with Gasteiger partial charge in [-0.1, -0.05) is 19.1 Å². The van der Waals surface area contributed by atoms with Crippen LogP contribution in [0.1, 0.15) is 43.9 Å². The largest absolute Gasteiger partial charge is 0.477 e. The van der Waals surface area contributed by atoms with Crippen LogP contribution in [0.5, 0.6) is 5.75 Å². The SMILES string of the molecule is CCC1=C2C=CN=C2C[NH+]1c1c2c(cc3c(=O)cc(C)oc13)CC(OOCC(O)C(O)(C[NH+]1C=CC3=NC=CC31)C(O)C(O)CO)C1(CC=CC(C3CNC(=O)C3)C1)O2. The number of hydrogen-bond acceptors (Lipinski definition) is 13. The number of fused-ring (bicyclic) bond motifs is 4. The fourth-order valence-electron chi connectivity index (χ4n) is 10.0. The Morgan fingerprint density at radius 3 is 2.75 bits per heavy atom. The van der Waals surface area contributed by atoms with Gasteiger partial charge in [-0.3, -0.25) is 29.4 Å². The first-order valence-corrected chi connectivity index (χ1v) is 20.4. The maximum Gasteiger partial charge on any atom is 0.222 e. The Morgan fingerprint density at radius 2 is 1.97 bits per heavy atom. The fraction of sp³-hybridized carbons (Fsp3) is 0.488. The second kappa shape index (κ2) is 15.4. The third kappa shape index (κ3) is 6.85. The molecule has 16 heteroatoms. The van der Waals surface area contributed by atoms with Gasteiger partial charge in [0.15, 0.2) is 22.8 Å². The lowest BCUT2D eigenvalue weighted by Crippen LogP contribution is -3.13. The van der Waals surface area contributed by atoms with E-state index in [0.29, 0.717) is 77.4 Å². The van der Waals surface area contributed by atoms with Crippen LogP contribution in [0.2, 0.25) is 0 Å². The van der Waals surface area contributed by atoms with Crippen molar-refractivity contribution in [3.05, 3.63) is 93.9 Å². The van der Waals surface area contributed by atoms with Crippen molar-refractivity contribution in [1.29, 1.82) is 0 Å². The third-order valence-electron chi connectivity index (χ3n) is 13.2. The van der Waals surface area contributed by atoms with Crippen molar-refractivity contribution in [2.24, 2.45) is 21.8 Å². The van der Waals surface area contributed by atoms with E-state index >= 15 is 0 Å². The van der Waals surface area contributed by atoms with Crippen molar-refractivity contribution in [1.82, 2.24) is 5.32 Å². The zero-order chi connectivity index (χ0) is 41.2.